The maximum Gasteiger partial charge on any atom is 0.490 e. The van der Waals surface area contributed by atoms with Crippen LogP contribution in [0.4, 0.5) is 19.0 Å². The van der Waals surface area contributed by atoms with Crippen molar-refractivity contribution in [1.29, 1.82) is 0 Å². The predicted octanol–water partition coefficient (Wildman–Crippen LogP) is 2.49. The third-order valence-electron chi connectivity index (χ3n) is 5.98. The number of rotatable bonds is 6. The van der Waals surface area contributed by atoms with Gasteiger partial charge in [0.15, 0.2) is 5.82 Å². The number of carboxylic acid groups (broad SMARTS) is 1. The van der Waals surface area contributed by atoms with Crippen LogP contribution in [-0.4, -0.2) is 93.2 Å². The number of amides is 1. The number of fused-ring (bicyclic) bond motifs is 1. The molecule has 14 heteroatoms. The summed E-state index contributed by atoms with van der Waals surface area (Å²) >= 11 is 0. The van der Waals surface area contributed by atoms with E-state index < -0.39 is 12.1 Å². The van der Waals surface area contributed by atoms with Gasteiger partial charge in [-0.05, 0) is 25.0 Å². The highest BCUT2D eigenvalue weighted by atomic mass is 19.4. The number of methoxy groups -OCH3 is 1. The molecule has 11 nitrogen and oxygen atoms in total. The summed E-state index contributed by atoms with van der Waals surface area (Å²) in [6.07, 6.45) is 1.57. The predicted molar refractivity (Wildman–Crippen MR) is 127 cm³/mol. The van der Waals surface area contributed by atoms with Gasteiger partial charge in [-0.1, -0.05) is 0 Å². The Labute approximate surface area is 210 Å². The standard InChI is InChI=1S/C21H27N7O2.C2HF3O2/c1-26(10-11-30-3)20-19-18(27(2)14-22-19)12-17(25-20)15-5-8-28(9-6-15)21(29)16-4-7-23-24-13-16;3-2(4,5)1(6)7/h4,7,12-15H,5-6,8-11H2,1-3H3;(H,6,7). The van der Waals surface area contributed by atoms with Gasteiger partial charge < -0.3 is 24.2 Å². The molecule has 0 spiro atoms. The SMILES string of the molecule is COCCN(C)c1nc(C2CCN(C(=O)c3ccnnc3)CC2)cc2c1ncn2C.O=C(O)C(F)(F)F. The minimum absolute atomic E-state index is 0.0124. The van der Waals surface area contributed by atoms with E-state index in [1.807, 2.05) is 29.9 Å². The first-order chi connectivity index (χ1) is 17.5. The molecule has 0 unspecified atom stereocenters. The van der Waals surface area contributed by atoms with Crippen molar-refractivity contribution in [3.8, 4) is 0 Å². The zero-order valence-electron chi connectivity index (χ0n) is 20.6. The normalized spacial score (nSPS) is 14.3. The van der Waals surface area contributed by atoms with Gasteiger partial charge in [-0.25, -0.2) is 14.8 Å². The summed E-state index contributed by atoms with van der Waals surface area (Å²) in [5.74, 6) is -1.56. The number of imidazole rings is 1. The monoisotopic (exact) mass is 523 g/mol. The third kappa shape index (κ3) is 6.90. The van der Waals surface area contributed by atoms with E-state index in [1.165, 1.54) is 6.20 Å². The van der Waals surface area contributed by atoms with Crippen LogP contribution in [0.25, 0.3) is 11.0 Å². The number of piperidine rings is 1. The molecule has 0 radical (unpaired) electrons. The molecule has 1 saturated heterocycles. The number of hydrogen-bond acceptors (Lipinski definition) is 8. The Kier molecular flexibility index (Phi) is 8.97. The Balaban J connectivity index is 0.000000479. The zero-order valence-corrected chi connectivity index (χ0v) is 20.6. The Bertz CT molecular complexity index is 1210. The van der Waals surface area contributed by atoms with E-state index in [0.717, 1.165) is 41.9 Å². The van der Waals surface area contributed by atoms with E-state index in [0.29, 0.717) is 31.2 Å². The lowest BCUT2D eigenvalue weighted by Gasteiger charge is -2.32. The molecule has 0 aliphatic carbocycles. The van der Waals surface area contributed by atoms with E-state index >= 15 is 0 Å². The molecule has 0 atom stereocenters. The second kappa shape index (κ2) is 12.0. The highest BCUT2D eigenvalue weighted by molar-refractivity contribution is 5.93. The smallest absolute Gasteiger partial charge is 0.475 e. The minimum atomic E-state index is -5.08. The number of anilines is 1. The van der Waals surface area contributed by atoms with Gasteiger partial charge in [0.1, 0.15) is 5.52 Å². The highest BCUT2D eigenvalue weighted by Crippen LogP contribution is 2.32. The maximum atomic E-state index is 12.7. The molecule has 3 aromatic rings. The number of carboxylic acids is 1. The molecule has 1 N–H and O–H groups in total. The largest absolute Gasteiger partial charge is 0.490 e. The Morgan fingerprint density at radius 2 is 1.92 bits per heavy atom. The van der Waals surface area contributed by atoms with Crippen LogP contribution in [-0.2, 0) is 16.6 Å². The number of aromatic nitrogens is 5. The molecule has 3 aromatic heterocycles. The van der Waals surface area contributed by atoms with Crippen LogP contribution < -0.4 is 4.90 Å². The fraction of sp³-hybridized carbons (Fsp3) is 0.478. The van der Waals surface area contributed by atoms with Crippen LogP contribution in [0.5, 0.6) is 0 Å². The fourth-order valence-electron chi connectivity index (χ4n) is 3.92. The maximum absolute atomic E-state index is 12.7. The number of ether oxygens (including phenoxy) is 1. The van der Waals surface area contributed by atoms with Crippen LogP contribution in [0.2, 0.25) is 0 Å². The van der Waals surface area contributed by atoms with Crippen LogP contribution >= 0.6 is 0 Å². The van der Waals surface area contributed by atoms with Gasteiger partial charge in [0, 0.05) is 52.5 Å². The number of hydrogen-bond donors (Lipinski definition) is 1. The highest BCUT2D eigenvalue weighted by Gasteiger charge is 2.38. The summed E-state index contributed by atoms with van der Waals surface area (Å²) in [6, 6.07) is 3.85. The molecule has 4 heterocycles. The Hall–Kier alpha value is -3.81. The molecule has 1 amide bonds. The van der Waals surface area contributed by atoms with Crippen molar-refractivity contribution < 1.29 is 32.6 Å². The van der Waals surface area contributed by atoms with Gasteiger partial charge >= 0.3 is 12.1 Å². The first kappa shape index (κ1) is 27.8. The molecule has 4 rings (SSSR count). The summed E-state index contributed by atoms with van der Waals surface area (Å²) in [6.45, 7) is 2.77. The molecule has 1 aliphatic heterocycles. The molecule has 0 bridgehead atoms. The molecule has 37 heavy (non-hydrogen) atoms. The number of likely N-dealkylation sites (N-methyl/N-ethyl adjacent to an activating group) is 1. The zero-order chi connectivity index (χ0) is 27.2. The first-order valence-electron chi connectivity index (χ1n) is 11.4. The first-order valence-corrected chi connectivity index (χ1v) is 11.4. The summed E-state index contributed by atoms with van der Waals surface area (Å²) in [5, 5.41) is 14.7. The van der Waals surface area contributed by atoms with Crippen molar-refractivity contribution in [1.82, 2.24) is 29.6 Å². The van der Waals surface area contributed by atoms with Gasteiger partial charge in [-0.3, -0.25) is 4.79 Å². The Morgan fingerprint density at radius 3 is 2.49 bits per heavy atom. The number of pyridine rings is 1. The van der Waals surface area contributed by atoms with Gasteiger partial charge in [0.25, 0.3) is 5.91 Å². The van der Waals surface area contributed by atoms with Crippen molar-refractivity contribution in [2.24, 2.45) is 7.05 Å². The number of aryl methyl sites for hydroxylation is 1. The molecule has 1 aliphatic rings. The number of halogens is 3. The third-order valence-corrected chi connectivity index (χ3v) is 5.98. The number of carbonyl (C=O) groups excluding carboxylic acids is 1. The van der Waals surface area contributed by atoms with E-state index in [1.54, 1.807) is 19.4 Å². The molecule has 0 aromatic carbocycles. The topological polar surface area (TPSA) is 127 Å². The van der Waals surface area contributed by atoms with Crippen molar-refractivity contribution in [2.75, 3.05) is 45.3 Å². The molecular formula is C23H28F3N7O4. The number of aliphatic carboxylic acids is 1. The van der Waals surface area contributed by atoms with Gasteiger partial charge in [-0.15, -0.1) is 0 Å². The van der Waals surface area contributed by atoms with Crippen LogP contribution in [0, 0.1) is 0 Å². The average Bonchev–Trinajstić information content (AvgIpc) is 3.27. The molecule has 1 fully saturated rings. The quantitative estimate of drug-likeness (QED) is 0.519. The van der Waals surface area contributed by atoms with Crippen LogP contribution in [0.15, 0.2) is 30.9 Å². The van der Waals surface area contributed by atoms with Crippen molar-refractivity contribution in [2.45, 2.75) is 24.9 Å². The van der Waals surface area contributed by atoms with E-state index in [-0.39, 0.29) is 5.91 Å². The summed E-state index contributed by atoms with van der Waals surface area (Å²) in [5.41, 5.74) is 3.61. The van der Waals surface area contributed by atoms with Gasteiger partial charge in [0.2, 0.25) is 0 Å². The lowest BCUT2D eigenvalue weighted by atomic mass is 9.92. The second-order valence-electron chi connectivity index (χ2n) is 8.51. The summed E-state index contributed by atoms with van der Waals surface area (Å²) < 4.78 is 39.0. The average molecular weight is 524 g/mol. The van der Waals surface area contributed by atoms with Crippen LogP contribution in [0.1, 0.15) is 34.8 Å². The summed E-state index contributed by atoms with van der Waals surface area (Å²) in [7, 11) is 5.72. The minimum Gasteiger partial charge on any atom is -0.475 e. The fourth-order valence-corrected chi connectivity index (χ4v) is 3.92. The van der Waals surface area contributed by atoms with Gasteiger partial charge in [0.05, 0.1) is 36.4 Å². The lowest BCUT2D eigenvalue weighted by Crippen LogP contribution is -2.38. The molecular weight excluding hydrogens is 495 g/mol. The summed E-state index contributed by atoms with van der Waals surface area (Å²) in [4.78, 5) is 35.1. The number of likely N-dealkylation sites (tertiary alicyclic amines) is 1. The van der Waals surface area contributed by atoms with Crippen molar-refractivity contribution in [3.63, 3.8) is 0 Å². The van der Waals surface area contributed by atoms with E-state index in [2.05, 4.69) is 26.1 Å². The van der Waals surface area contributed by atoms with E-state index in [9.17, 15) is 18.0 Å². The lowest BCUT2D eigenvalue weighted by molar-refractivity contribution is -0.192. The van der Waals surface area contributed by atoms with E-state index in [4.69, 9.17) is 19.6 Å². The van der Waals surface area contributed by atoms with Crippen molar-refractivity contribution >= 4 is 28.7 Å². The number of alkyl halides is 3. The molecule has 200 valence electrons. The number of nitrogens with zero attached hydrogens (tertiary/aromatic N) is 7. The number of carbonyl (C=O) groups is 2. The second-order valence-corrected chi connectivity index (χ2v) is 8.51. The van der Waals surface area contributed by atoms with Crippen LogP contribution in [0.3, 0.4) is 0 Å². The van der Waals surface area contributed by atoms with Gasteiger partial charge in [-0.2, -0.15) is 23.4 Å². The van der Waals surface area contributed by atoms with Crippen molar-refractivity contribution in [3.05, 3.63) is 42.1 Å². The Morgan fingerprint density at radius 1 is 1.24 bits per heavy atom. The molecule has 0 saturated carbocycles.